The number of amidine groups is 1. The van der Waals surface area contributed by atoms with Gasteiger partial charge in [-0.15, -0.1) is 0 Å². The molecule has 0 bridgehead atoms. The van der Waals surface area contributed by atoms with Gasteiger partial charge in [-0.3, -0.25) is 4.99 Å². The van der Waals surface area contributed by atoms with Crippen LogP contribution in [0.15, 0.2) is 17.1 Å². The molecule has 1 aromatic carbocycles. The van der Waals surface area contributed by atoms with Gasteiger partial charge in [0.15, 0.2) is 5.17 Å². The highest BCUT2D eigenvalue weighted by molar-refractivity contribution is 8.14. The lowest BCUT2D eigenvalue weighted by Gasteiger charge is -2.23. The molecule has 1 N–H and O–H groups in total. The second-order valence-electron chi connectivity index (χ2n) is 4.32. The van der Waals surface area contributed by atoms with Crippen LogP contribution in [0.25, 0.3) is 0 Å². The molecule has 0 saturated heterocycles. The van der Waals surface area contributed by atoms with Gasteiger partial charge in [0, 0.05) is 5.25 Å². The van der Waals surface area contributed by atoms with E-state index in [1.807, 2.05) is 0 Å². The van der Waals surface area contributed by atoms with Crippen LogP contribution in [-0.2, 0) is 0 Å². The fraction of sp³-hybridized carbons (Fsp3) is 0.417. The highest BCUT2D eigenvalue weighted by Gasteiger charge is 2.20. The summed E-state index contributed by atoms with van der Waals surface area (Å²) >= 11 is 13.6. The molecular weight excluding hydrogens is 294 g/mol. The Kier molecular flexibility index (Phi) is 4.41. The average molecular weight is 307 g/mol. The quantitative estimate of drug-likeness (QED) is 0.805. The van der Waals surface area contributed by atoms with E-state index < -0.39 is 5.82 Å². The van der Waals surface area contributed by atoms with Crippen LogP contribution in [0.2, 0.25) is 10.0 Å². The Labute approximate surface area is 120 Å². The van der Waals surface area contributed by atoms with Crippen LogP contribution in [0.1, 0.15) is 20.3 Å². The van der Waals surface area contributed by atoms with E-state index in [2.05, 4.69) is 24.2 Å². The number of nitrogens with one attached hydrogen (secondary N) is 1. The number of aliphatic imine (C=N–C) groups is 1. The average Bonchev–Trinajstić information content (AvgIpc) is 2.22. The molecule has 0 radical (unpaired) electrons. The standard InChI is InChI=1S/C12H13Cl2FN2S/c1-6-3-7(2)18-12(16-6)17-11-9(13)4-8(15)5-10(11)14/h4-7H,3H2,1-2H3,(H,16,17). The predicted molar refractivity (Wildman–Crippen MR) is 78.6 cm³/mol. The first-order valence-electron chi connectivity index (χ1n) is 5.61. The van der Waals surface area contributed by atoms with E-state index in [0.29, 0.717) is 10.9 Å². The van der Waals surface area contributed by atoms with E-state index >= 15 is 0 Å². The van der Waals surface area contributed by atoms with E-state index in [9.17, 15) is 4.39 Å². The monoisotopic (exact) mass is 306 g/mol. The Balaban J connectivity index is 2.24. The maximum atomic E-state index is 13.1. The number of anilines is 1. The minimum Gasteiger partial charge on any atom is -0.333 e. The first-order valence-corrected chi connectivity index (χ1v) is 7.25. The zero-order chi connectivity index (χ0) is 13.3. The molecule has 0 fully saturated rings. The summed E-state index contributed by atoms with van der Waals surface area (Å²) < 4.78 is 13.1. The lowest BCUT2D eigenvalue weighted by Crippen LogP contribution is -2.23. The maximum Gasteiger partial charge on any atom is 0.161 e. The van der Waals surface area contributed by atoms with Gasteiger partial charge in [0.1, 0.15) is 5.82 Å². The maximum absolute atomic E-state index is 13.1. The van der Waals surface area contributed by atoms with E-state index in [4.69, 9.17) is 23.2 Å². The van der Waals surface area contributed by atoms with Gasteiger partial charge in [0.05, 0.1) is 21.8 Å². The number of thioether (sulfide) groups is 1. The van der Waals surface area contributed by atoms with Gasteiger partial charge in [-0.2, -0.15) is 0 Å². The van der Waals surface area contributed by atoms with Crippen molar-refractivity contribution in [3.63, 3.8) is 0 Å². The fourth-order valence-electron chi connectivity index (χ4n) is 1.83. The summed E-state index contributed by atoms with van der Waals surface area (Å²) in [7, 11) is 0. The summed E-state index contributed by atoms with van der Waals surface area (Å²) in [6, 6.07) is 2.73. The molecule has 1 aromatic rings. The number of hydrogen-bond acceptors (Lipinski definition) is 3. The van der Waals surface area contributed by atoms with Crippen LogP contribution in [0.3, 0.4) is 0 Å². The van der Waals surface area contributed by atoms with Gasteiger partial charge >= 0.3 is 0 Å². The van der Waals surface area contributed by atoms with Gasteiger partial charge < -0.3 is 5.32 Å². The second-order valence-corrected chi connectivity index (χ2v) is 6.56. The first kappa shape index (κ1) is 14.0. The largest absolute Gasteiger partial charge is 0.333 e. The summed E-state index contributed by atoms with van der Waals surface area (Å²) in [6.45, 7) is 4.21. The molecule has 1 aliphatic rings. The molecule has 1 aliphatic heterocycles. The predicted octanol–water partition coefficient (Wildman–Crippen LogP) is 4.81. The summed E-state index contributed by atoms with van der Waals surface area (Å²) in [5, 5.41) is 4.86. The molecular formula is C12H13Cl2FN2S. The lowest BCUT2D eigenvalue weighted by molar-refractivity contribution is 0.628. The Bertz CT molecular complexity index is 470. The summed E-state index contributed by atoms with van der Waals surface area (Å²) in [6.07, 6.45) is 1.04. The number of hydrogen-bond donors (Lipinski definition) is 1. The van der Waals surface area contributed by atoms with Crippen molar-refractivity contribution in [1.82, 2.24) is 0 Å². The molecule has 2 nitrogen and oxygen atoms in total. The number of benzene rings is 1. The molecule has 2 unspecified atom stereocenters. The van der Waals surface area contributed by atoms with Crippen molar-refractivity contribution >= 4 is 45.8 Å². The van der Waals surface area contributed by atoms with Gasteiger partial charge in [0.2, 0.25) is 0 Å². The molecule has 18 heavy (non-hydrogen) atoms. The molecule has 1 heterocycles. The summed E-state index contributed by atoms with van der Waals surface area (Å²) in [4.78, 5) is 4.49. The molecule has 2 rings (SSSR count). The molecule has 0 amide bonds. The zero-order valence-electron chi connectivity index (χ0n) is 10.0. The third kappa shape index (κ3) is 3.31. The van der Waals surface area contributed by atoms with Crippen LogP contribution in [-0.4, -0.2) is 16.5 Å². The van der Waals surface area contributed by atoms with Gasteiger partial charge in [-0.25, -0.2) is 4.39 Å². The first-order chi connectivity index (χ1) is 8.45. The Morgan fingerprint density at radius 1 is 1.33 bits per heavy atom. The van der Waals surface area contributed by atoms with Gasteiger partial charge in [-0.05, 0) is 25.5 Å². The Morgan fingerprint density at radius 3 is 2.50 bits per heavy atom. The van der Waals surface area contributed by atoms with Crippen LogP contribution >= 0.6 is 35.0 Å². The molecule has 0 spiro atoms. The van der Waals surface area contributed by atoms with Crippen LogP contribution in [0.5, 0.6) is 0 Å². The third-order valence-electron chi connectivity index (χ3n) is 2.56. The van der Waals surface area contributed by atoms with E-state index in [1.165, 1.54) is 12.1 Å². The van der Waals surface area contributed by atoms with Gasteiger partial charge in [0.25, 0.3) is 0 Å². The molecule has 6 heteroatoms. The second kappa shape index (κ2) is 5.68. The van der Waals surface area contributed by atoms with Crippen molar-refractivity contribution in [2.45, 2.75) is 31.6 Å². The van der Waals surface area contributed by atoms with E-state index in [0.717, 1.165) is 11.6 Å². The Morgan fingerprint density at radius 2 is 1.94 bits per heavy atom. The van der Waals surface area contributed by atoms with Crippen molar-refractivity contribution in [2.24, 2.45) is 4.99 Å². The smallest absolute Gasteiger partial charge is 0.161 e. The van der Waals surface area contributed by atoms with Crippen molar-refractivity contribution in [3.05, 3.63) is 28.0 Å². The van der Waals surface area contributed by atoms with Crippen molar-refractivity contribution < 1.29 is 4.39 Å². The van der Waals surface area contributed by atoms with Crippen molar-refractivity contribution in [2.75, 3.05) is 5.32 Å². The Hall–Kier alpha value is -0.450. The molecule has 0 saturated carbocycles. The van der Waals surface area contributed by atoms with Crippen molar-refractivity contribution in [1.29, 1.82) is 0 Å². The molecule has 2 atom stereocenters. The molecule has 0 aliphatic carbocycles. The number of nitrogens with zero attached hydrogens (tertiary/aromatic N) is 1. The topological polar surface area (TPSA) is 24.4 Å². The summed E-state index contributed by atoms with van der Waals surface area (Å²) in [5.74, 6) is -0.449. The highest BCUT2D eigenvalue weighted by Crippen LogP contribution is 2.34. The number of halogens is 3. The fourth-order valence-corrected chi connectivity index (χ4v) is 3.55. The zero-order valence-corrected chi connectivity index (χ0v) is 12.3. The van der Waals surface area contributed by atoms with Crippen LogP contribution in [0.4, 0.5) is 10.1 Å². The van der Waals surface area contributed by atoms with E-state index in [1.54, 1.807) is 11.8 Å². The highest BCUT2D eigenvalue weighted by atomic mass is 35.5. The van der Waals surface area contributed by atoms with Crippen molar-refractivity contribution in [3.8, 4) is 0 Å². The lowest BCUT2D eigenvalue weighted by atomic mass is 10.2. The van der Waals surface area contributed by atoms with E-state index in [-0.39, 0.29) is 16.1 Å². The van der Waals surface area contributed by atoms with Crippen LogP contribution < -0.4 is 5.32 Å². The van der Waals surface area contributed by atoms with Gasteiger partial charge in [-0.1, -0.05) is 41.9 Å². The SMILES string of the molecule is CC1CC(C)SC(Nc2c(Cl)cc(F)cc2Cl)=N1. The normalized spacial score (nSPS) is 23.7. The van der Waals surface area contributed by atoms with Crippen LogP contribution in [0, 0.1) is 5.82 Å². The summed E-state index contributed by atoms with van der Waals surface area (Å²) in [5.41, 5.74) is 0.507. The third-order valence-corrected chi connectivity index (χ3v) is 4.18. The minimum absolute atomic E-state index is 0.258. The molecule has 0 aromatic heterocycles. The number of rotatable bonds is 1. The minimum atomic E-state index is -0.449. The molecule has 98 valence electrons.